The van der Waals surface area contributed by atoms with Crippen LogP contribution in [0.15, 0.2) is 41.3 Å². The maximum Gasteiger partial charge on any atom is 0.471 e. The van der Waals surface area contributed by atoms with Crippen molar-refractivity contribution < 1.29 is 37.3 Å². The monoisotopic (exact) mass is 540 g/mol. The molecule has 0 radical (unpaired) electrons. The Bertz CT molecular complexity index is 1230. The van der Waals surface area contributed by atoms with Crippen LogP contribution in [0.5, 0.6) is 0 Å². The van der Waals surface area contributed by atoms with Gasteiger partial charge in [0.25, 0.3) is 5.91 Å². The Morgan fingerprint density at radius 1 is 1.32 bits per heavy atom. The van der Waals surface area contributed by atoms with Gasteiger partial charge in [0.05, 0.1) is 30.8 Å². The molecule has 2 aromatic rings. The Morgan fingerprint density at radius 2 is 2.05 bits per heavy atom. The normalized spacial score (nSPS) is 19.1. The number of hydrogen-bond donors (Lipinski definition) is 3. The zero-order chi connectivity index (χ0) is 27.0. The van der Waals surface area contributed by atoms with E-state index in [0.717, 1.165) is 4.57 Å². The van der Waals surface area contributed by atoms with Gasteiger partial charge in [-0.1, -0.05) is 30.0 Å². The largest absolute Gasteiger partial charge is 0.471 e. The highest BCUT2D eigenvalue weighted by Gasteiger charge is 2.38. The molecule has 1 aromatic heterocycles. The van der Waals surface area contributed by atoms with E-state index in [1.165, 1.54) is 30.1 Å². The summed E-state index contributed by atoms with van der Waals surface area (Å²) < 4.78 is 49.7. The molecule has 1 aliphatic heterocycles. The molecule has 0 aliphatic carbocycles. The van der Waals surface area contributed by atoms with Crippen molar-refractivity contribution in [3.63, 3.8) is 0 Å². The lowest BCUT2D eigenvalue weighted by Crippen LogP contribution is -2.36. The lowest BCUT2D eigenvalue weighted by Gasteiger charge is -2.16. The Hall–Kier alpha value is -3.38. The molecule has 3 unspecified atom stereocenters. The van der Waals surface area contributed by atoms with Gasteiger partial charge in [0.1, 0.15) is 12.3 Å². The number of ether oxygens (including phenoxy) is 2. The van der Waals surface area contributed by atoms with Crippen molar-refractivity contribution in [2.75, 3.05) is 30.7 Å². The van der Waals surface area contributed by atoms with E-state index in [0.29, 0.717) is 5.94 Å². The van der Waals surface area contributed by atoms with E-state index in [-0.39, 0.29) is 30.0 Å². The van der Waals surface area contributed by atoms with E-state index in [4.69, 9.17) is 9.47 Å². The second-order valence-corrected chi connectivity index (χ2v) is 8.47. The summed E-state index contributed by atoms with van der Waals surface area (Å²) in [5, 5.41) is 13.7. The van der Waals surface area contributed by atoms with Gasteiger partial charge in [0.15, 0.2) is 5.82 Å². The Labute approximate surface area is 213 Å². The Morgan fingerprint density at radius 3 is 2.70 bits per heavy atom. The molecule has 3 rings (SSSR count). The molecule has 3 N–H and O–H groups in total. The minimum atomic E-state index is -5.07. The molecule has 1 aliphatic rings. The molecule has 1 saturated heterocycles. The van der Waals surface area contributed by atoms with E-state index >= 15 is 0 Å². The molecular weight excluding hydrogens is 517 g/mol. The quantitative estimate of drug-likeness (QED) is 0.339. The average Bonchev–Trinajstić information content (AvgIpc) is 3.29. The van der Waals surface area contributed by atoms with E-state index in [9.17, 15) is 32.7 Å². The summed E-state index contributed by atoms with van der Waals surface area (Å²) >= 11 is 1.42. The molecule has 1 fully saturated rings. The molecule has 0 saturated carbocycles. The number of rotatable bonds is 8. The Kier molecular flexibility index (Phi) is 9.70. The van der Waals surface area contributed by atoms with Gasteiger partial charge >= 0.3 is 17.8 Å². The predicted octanol–water partition coefficient (Wildman–Crippen LogP) is 1.51. The highest BCUT2D eigenvalue weighted by molar-refractivity contribution is 7.98. The first kappa shape index (κ1) is 28.2. The fourth-order valence-corrected chi connectivity index (χ4v) is 3.67. The molecule has 3 atom stereocenters. The third-order valence-electron chi connectivity index (χ3n) is 5.11. The van der Waals surface area contributed by atoms with Crippen molar-refractivity contribution in [1.29, 1.82) is 0 Å². The number of alkyl halides is 3. The van der Waals surface area contributed by atoms with Crippen LogP contribution in [0.1, 0.15) is 28.6 Å². The zero-order valence-electron chi connectivity index (χ0n) is 19.4. The fraction of sp³-hybridized carbons (Fsp3) is 0.391. The number of anilines is 1. The number of nitrogens with one attached hydrogen (secondary N) is 2. The lowest BCUT2D eigenvalue weighted by atomic mass is 10.2. The number of thioether (sulfide) groups is 1. The van der Waals surface area contributed by atoms with Crippen LogP contribution in [-0.2, 0) is 14.3 Å². The van der Waals surface area contributed by atoms with Gasteiger partial charge in [-0.3, -0.25) is 14.2 Å². The highest BCUT2D eigenvalue weighted by Crippen LogP contribution is 2.30. The number of aliphatic hydroxyl groups excluding tert-OH is 1. The van der Waals surface area contributed by atoms with Gasteiger partial charge in [-0.05, 0) is 18.4 Å². The smallest absolute Gasteiger partial charge is 0.394 e. The van der Waals surface area contributed by atoms with Crippen LogP contribution >= 0.6 is 11.8 Å². The van der Waals surface area contributed by atoms with Gasteiger partial charge in [0, 0.05) is 18.2 Å². The van der Waals surface area contributed by atoms with Crippen LogP contribution in [0.2, 0.25) is 0 Å². The van der Waals surface area contributed by atoms with Gasteiger partial charge in [0.2, 0.25) is 0 Å². The standard InChI is InChI=1S/C23H23F3N4O6S/c1-37-13-35-16-10-18(36-17(16)12-31)30-11-15(8-5-9-27-21(33)23(24,25)26)19(29-22(30)34)28-20(32)14-6-3-2-4-7-14/h2-4,6-7,11,16-18,31H,9-10,12-13H2,1H3,(H,27,33)(H,28,29,32,34). The molecule has 14 heteroatoms. The maximum atomic E-state index is 12.8. The third-order valence-corrected chi connectivity index (χ3v) is 5.48. The summed E-state index contributed by atoms with van der Waals surface area (Å²) in [7, 11) is 0. The van der Waals surface area contributed by atoms with Crippen LogP contribution in [-0.4, -0.2) is 70.2 Å². The van der Waals surface area contributed by atoms with Crippen LogP contribution in [0, 0.1) is 11.8 Å². The number of benzene rings is 1. The summed E-state index contributed by atoms with van der Waals surface area (Å²) in [4.78, 5) is 40.3. The van der Waals surface area contributed by atoms with Gasteiger partial charge in [-0.25, -0.2) is 4.79 Å². The molecule has 2 heterocycles. The Balaban J connectivity index is 1.90. The van der Waals surface area contributed by atoms with Crippen LogP contribution in [0.25, 0.3) is 0 Å². The molecule has 0 bridgehead atoms. The summed E-state index contributed by atoms with van der Waals surface area (Å²) in [6, 6.07) is 8.04. The zero-order valence-corrected chi connectivity index (χ0v) is 20.3. The second-order valence-electron chi connectivity index (χ2n) is 7.65. The molecule has 37 heavy (non-hydrogen) atoms. The van der Waals surface area contributed by atoms with Crippen molar-refractivity contribution in [2.45, 2.75) is 31.0 Å². The number of carbonyl (C=O) groups excluding carboxylic acids is 2. The highest BCUT2D eigenvalue weighted by atomic mass is 32.2. The average molecular weight is 541 g/mol. The number of halogens is 3. The van der Waals surface area contributed by atoms with E-state index < -0.39 is 48.7 Å². The summed E-state index contributed by atoms with van der Waals surface area (Å²) in [5.74, 6) is 2.25. The SMILES string of the molecule is CSCOC1CC(n2cc(C#CCNC(=O)C(F)(F)F)c(NC(=O)c3ccccc3)nc2=O)OC1CO. The number of carbonyl (C=O) groups is 2. The molecule has 198 valence electrons. The van der Waals surface area contributed by atoms with E-state index in [1.54, 1.807) is 23.5 Å². The third kappa shape index (κ3) is 7.56. The van der Waals surface area contributed by atoms with Crippen molar-refractivity contribution in [3.8, 4) is 11.8 Å². The van der Waals surface area contributed by atoms with Gasteiger partial charge in [-0.2, -0.15) is 18.2 Å². The number of aliphatic hydroxyl groups is 1. The van der Waals surface area contributed by atoms with Crippen LogP contribution in [0.3, 0.4) is 0 Å². The van der Waals surface area contributed by atoms with Crippen molar-refractivity contribution in [2.24, 2.45) is 0 Å². The number of amides is 2. The van der Waals surface area contributed by atoms with Crippen LogP contribution < -0.4 is 16.3 Å². The number of hydrogen-bond acceptors (Lipinski definition) is 8. The molecule has 2 amide bonds. The van der Waals surface area contributed by atoms with Crippen molar-refractivity contribution in [3.05, 3.63) is 58.1 Å². The number of aromatic nitrogens is 2. The first-order chi connectivity index (χ1) is 17.6. The number of nitrogens with zero attached hydrogens (tertiary/aromatic N) is 2. The summed E-state index contributed by atoms with van der Waals surface area (Å²) in [6.45, 7) is -1.00. The molecule has 0 spiro atoms. The fourth-order valence-electron chi connectivity index (χ4n) is 3.36. The maximum absolute atomic E-state index is 12.8. The molecular formula is C23H23F3N4O6S. The minimum absolute atomic E-state index is 0.0113. The second kappa shape index (κ2) is 12.7. The van der Waals surface area contributed by atoms with E-state index in [2.05, 4.69) is 22.1 Å². The summed E-state index contributed by atoms with van der Waals surface area (Å²) in [6.07, 6.45) is -3.87. The van der Waals surface area contributed by atoms with E-state index in [1.807, 2.05) is 6.26 Å². The molecule has 1 aromatic carbocycles. The topological polar surface area (TPSA) is 132 Å². The van der Waals surface area contributed by atoms with Gasteiger partial charge < -0.3 is 25.2 Å². The lowest BCUT2D eigenvalue weighted by molar-refractivity contribution is -0.173. The van der Waals surface area contributed by atoms with Gasteiger partial charge in [-0.15, -0.1) is 11.8 Å². The first-order valence-corrected chi connectivity index (χ1v) is 12.2. The van der Waals surface area contributed by atoms with Crippen LogP contribution in [0.4, 0.5) is 19.0 Å². The minimum Gasteiger partial charge on any atom is -0.394 e. The van der Waals surface area contributed by atoms with Crippen molar-refractivity contribution >= 4 is 29.4 Å². The molecule has 10 nitrogen and oxygen atoms in total. The predicted molar refractivity (Wildman–Crippen MR) is 128 cm³/mol. The van der Waals surface area contributed by atoms with Crippen molar-refractivity contribution in [1.82, 2.24) is 14.9 Å². The first-order valence-electron chi connectivity index (χ1n) is 10.8. The summed E-state index contributed by atoms with van der Waals surface area (Å²) in [5.41, 5.74) is -0.544.